The third-order valence-electron chi connectivity index (χ3n) is 2.85. The average Bonchev–Trinajstić information content (AvgIpc) is 2.72. The van der Waals surface area contributed by atoms with E-state index in [1.165, 1.54) is 29.5 Å². The third-order valence-corrected chi connectivity index (χ3v) is 3.78. The zero-order valence-corrected chi connectivity index (χ0v) is 11.0. The van der Waals surface area contributed by atoms with Crippen LogP contribution in [0.25, 0.3) is 0 Å². The molecule has 0 saturated heterocycles. The Bertz CT molecular complexity index is 519. The normalized spacial score (nSPS) is 12.7. The minimum absolute atomic E-state index is 0.0830. The first-order chi connectivity index (χ1) is 8.59. The summed E-state index contributed by atoms with van der Waals surface area (Å²) in [6.45, 7) is 4.23. The van der Waals surface area contributed by atoms with E-state index in [9.17, 15) is 8.78 Å². The Hall–Kier alpha value is -1.33. The standard InChI is InChI=1S/C13H14F2N2S/c1-8-12(18-7-17-8)6-16-9(2)13-10(14)4-3-5-11(13)15/h3-5,7,9,16H,6H2,1-2H3. The highest BCUT2D eigenvalue weighted by Crippen LogP contribution is 2.21. The molecule has 0 bridgehead atoms. The van der Waals surface area contributed by atoms with Gasteiger partial charge in [0, 0.05) is 23.0 Å². The number of thiazole rings is 1. The highest BCUT2D eigenvalue weighted by atomic mass is 32.1. The van der Waals surface area contributed by atoms with Crippen LogP contribution in [0.5, 0.6) is 0 Å². The van der Waals surface area contributed by atoms with Crippen molar-refractivity contribution in [3.63, 3.8) is 0 Å². The lowest BCUT2D eigenvalue weighted by Gasteiger charge is -2.15. The van der Waals surface area contributed by atoms with Crippen molar-refractivity contribution < 1.29 is 8.78 Å². The maximum absolute atomic E-state index is 13.6. The van der Waals surface area contributed by atoms with Gasteiger partial charge in [-0.3, -0.25) is 0 Å². The maximum atomic E-state index is 13.6. The van der Waals surface area contributed by atoms with Gasteiger partial charge in [0.25, 0.3) is 0 Å². The smallest absolute Gasteiger partial charge is 0.130 e. The fourth-order valence-electron chi connectivity index (χ4n) is 1.77. The van der Waals surface area contributed by atoms with Crippen LogP contribution in [0.1, 0.15) is 29.1 Å². The van der Waals surface area contributed by atoms with Crippen molar-refractivity contribution in [3.8, 4) is 0 Å². The lowest BCUT2D eigenvalue weighted by atomic mass is 10.1. The number of nitrogens with zero attached hydrogens (tertiary/aromatic N) is 1. The second-order valence-corrected chi connectivity index (χ2v) is 5.04. The fraction of sp³-hybridized carbons (Fsp3) is 0.308. The molecule has 1 unspecified atom stereocenters. The fourth-order valence-corrected chi connectivity index (χ4v) is 2.50. The zero-order chi connectivity index (χ0) is 13.1. The lowest BCUT2D eigenvalue weighted by Crippen LogP contribution is -2.20. The SMILES string of the molecule is Cc1ncsc1CNC(C)c1c(F)cccc1F. The third kappa shape index (κ3) is 2.73. The first-order valence-electron chi connectivity index (χ1n) is 5.66. The van der Waals surface area contributed by atoms with Gasteiger partial charge in [-0.1, -0.05) is 6.07 Å². The number of hydrogen-bond donors (Lipinski definition) is 1. The summed E-state index contributed by atoms with van der Waals surface area (Å²) in [6.07, 6.45) is 0. The predicted molar refractivity (Wildman–Crippen MR) is 68.5 cm³/mol. The van der Waals surface area contributed by atoms with Gasteiger partial charge in [-0.2, -0.15) is 0 Å². The lowest BCUT2D eigenvalue weighted by molar-refractivity contribution is 0.488. The molecule has 2 rings (SSSR count). The van der Waals surface area contributed by atoms with Gasteiger partial charge in [0.05, 0.1) is 11.2 Å². The molecule has 0 saturated carbocycles. The maximum Gasteiger partial charge on any atom is 0.130 e. The first kappa shape index (κ1) is 13.1. The molecule has 5 heteroatoms. The van der Waals surface area contributed by atoms with Crippen LogP contribution in [-0.2, 0) is 6.54 Å². The van der Waals surface area contributed by atoms with E-state index >= 15 is 0 Å². The van der Waals surface area contributed by atoms with E-state index < -0.39 is 11.6 Å². The van der Waals surface area contributed by atoms with E-state index in [0.29, 0.717) is 6.54 Å². The molecule has 1 atom stereocenters. The second kappa shape index (κ2) is 5.54. The molecule has 0 amide bonds. The monoisotopic (exact) mass is 268 g/mol. The zero-order valence-electron chi connectivity index (χ0n) is 10.2. The number of aryl methyl sites for hydroxylation is 1. The second-order valence-electron chi connectivity index (χ2n) is 4.10. The number of halogens is 2. The highest BCUT2D eigenvalue weighted by Gasteiger charge is 2.15. The molecule has 2 nitrogen and oxygen atoms in total. The van der Waals surface area contributed by atoms with Gasteiger partial charge in [0.1, 0.15) is 11.6 Å². The van der Waals surface area contributed by atoms with Crippen LogP contribution in [0.3, 0.4) is 0 Å². The number of nitrogens with one attached hydrogen (secondary N) is 1. The molecule has 96 valence electrons. The molecular weight excluding hydrogens is 254 g/mol. The first-order valence-corrected chi connectivity index (χ1v) is 6.54. The van der Waals surface area contributed by atoms with Crippen LogP contribution in [-0.4, -0.2) is 4.98 Å². The minimum Gasteiger partial charge on any atom is -0.305 e. The van der Waals surface area contributed by atoms with Crippen LogP contribution in [0.2, 0.25) is 0 Å². The van der Waals surface area contributed by atoms with Crippen molar-refractivity contribution in [3.05, 3.63) is 51.5 Å². The van der Waals surface area contributed by atoms with Gasteiger partial charge in [-0.05, 0) is 26.0 Å². The van der Waals surface area contributed by atoms with Gasteiger partial charge in [-0.15, -0.1) is 11.3 Å². The Morgan fingerprint density at radius 1 is 1.33 bits per heavy atom. The van der Waals surface area contributed by atoms with Crippen molar-refractivity contribution in [1.29, 1.82) is 0 Å². The summed E-state index contributed by atoms with van der Waals surface area (Å²) in [7, 11) is 0. The van der Waals surface area contributed by atoms with Crippen molar-refractivity contribution in [2.45, 2.75) is 26.4 Å². The van der Waals surface area contributed by atoms with Gasteiger partial charge in [0.2, 0.25) is 0 Å². The van der Waals surface area contributed by atoms with Gasteiger partial charge in [0.15, 0.2) is 0 Å². The van der Waals surface area contributed by atoms with Gasteiger partial charge in [-0.25, -0.2) is 13.8 Å². The van der Waals surface area contributed by atoms with Crippen molar-refractivity contribution in [1.82, 2.24) is 10.3 Å². The van der Waals surface area contributed by atoms with Crippen LogP contribution in [0.4, 0.5) is 8.78 Å². The molecule has 1 aromatic heterocycles. The van der Waals surface area contributed by atoms with Crippen LogP contribution in [0.15, 0.2) is 23.7 Å². The summed E-state index contributed by atoms with van der Waals surface area (Å²) < 4.78 is 27.1. The highest BCUT2D eigenvalue weighted by molar-refractivity contribution is 7.09. The molecule has 0 aliphatic rings. The molecule has 1 aromatic carbocycles. The summed E-state index contributed by atoms with van der Waals surface area (Å²) >= 11 is 1.53. The Labute approximate surface area is 109 Å². The summed E-state index contributed by atoms with van der Waals surface area (Å²) in [6, 6.07) is 3.53. The van der Waals surface area contributed by atoms with E-state index in [4.69, 9.17) is 0 Å². The van der Waals surface area contributed by atoms with E-state index in [2.05, 4.69) is 10.3 Å². The molecule has 18 heavy (non-hydrogen) atoms. The molecule has 0 fully saturated rings. The van der Waals surface area contributed by atoms with Crippen LogP contribution >= 0.6 is 11.3 Å². The average molecular weight is 268 g/mol. The summed E-state index contributed by atoms with van der Waals surface area (Å²) in [5.74, 6) is -1.04. The molecule has 0 spiro atoms. The topological polar surface area (TPSA) is 24.9 Å². The van der Waals surface area contributed by atoms with Gasteiger partial charge < -0.3 is 5.32 Å². The van der Waals surface area contributed by atoms with E-state index in [0.717, 1.165) is 10.6 Å². The molecule has 1 N–H and O–H groups in total. The van der Waals surface area contributed by atoms with Crippen molar-refractivity contribution in [2.75, 3.05) is 0 Å². The number of aromatic nitrogens is 1. The Balaban J connectivity index is 2.08. The molecule has 2 aromatic rings. The minimum atomic E-state index is -0.518. The van der Waals surface area contributed by atoms with E-state index in [1.54, 1.807) is 12.4 Å². The van der Waals surface area contributed by atoms with E-state index in [1.807, 2.05) is 6.92 Å². The quantitative estimate of drug-likeness (QED) is 0.916. The van der Waals surface area contributed by atoms with Crippen LogP contribution in [0, 0.1) is 18.6 Å². The molecule has 0 aliphatic carbocycles. The number of benzene rings is 1. The largest absolute Gasteiger partial charge is 0.305 e. The Kier molecular flexibility index (Phi) is 4.04. The van der Waals surface area contributed by atoms with E-state index in [-0.39, 0.29) is 11.6 Å². The van der Waals surface area contributed by atoms with Gasteiger partial charge >= 0.3 is 0 Å². The molecule has 0 radical (unpaired) electrons. The summed E-state index contributed by atoms with van der Waals surface area (Å²) in [5, 5.41) is 3.11. The molecule has 0 aliphatic heterocycles. The number of rotatable bonds is 4. The molecular formula is C13H14F2N2S. The summed E-state index contributed by atoms with van der Waals surface area (Å²) in [4.78, 5) is 5.21. The Morgan fingerprint density at radius 3 is 2.56 bits per heavy atom. The summed E-state index contributed by atoms with van der Waals surface area (Å²) in [5.41, 5.74) is 2.80. The number of hydrogen-bond acceptors (Lipinski definition) is 3. The van der Waals surface area contributed by atoms with Crippen molar-refractivity contribution in [2.24, 2.45) is 0 Å². The Morgan fingerprint density at radius 2 is 2.00 bits per heavy atom. The van der Waals surface area contributed by atoms with Crippen LogP contribution < -0.4 is 5.32 Å². The molecule has 1 heterocycles. The predicted octanol–water partition coefficient (Wildman–Crippen LogP) is 3.58. The van der Waals surface area contributed by atoms with Crippen molar-refractivity contribution >= 4 is 11.3 Å².